The number of guanidine groups is 1. The van der Waals surface area contributed by atoms with Gasteiger partial charge in [-0.2, -0.15) is 0 Å². The maximum atomic E-state index is 13.4. The van der Waals surface area contributed by atoms with Gasteiger partial charge in [-0.25, -0.2) is 8.78 Å². The van der Waals surface area contributed by atoms with Gasteiger partial charge in [0.1, 0.15) is 5.84 Å². The first kappa shape index (κ1) is 14.9. The minimum atomic E-state index is -2.75. The molecule has 1 saturated carbocycles. The lowest BCUT2D eigenvalue weighted by Gasteiger charge is -2.39. The van der Waals surface area contributed by atoms with Gasteiger partial charge in [0.2, 0.25) is 0 Å². The molecule has 18 heavy (non-hydrogen) atoms. The highest BCUT2D eigenvalue weighted by Crippen LogP contribution is 2.32. The molecule has 0 spiro atoms. The first-order valence-electron chi connectivity index (χ1n) is 5.71. The lowest BCUT2D eigenvalue weighted by Crippen LogP contribution is -2.57. The highest BCUT2D eigenvalue weighted by atomic mass is 35.5. The Kier molecular flexibility index (Phi) is 4.37. The molecule has 2 aliphatic rings. The van der Waals surface area contributed by atoms with Crippen LogP contribution in [0.25, 0.3) is 0 Å². The molecule has 0 aromatic carbocycles. The van der Waals surface area contributed by atoms with Crippen LogP contribution in [-0.4, -0.2) is 41.2 Å². The number of hydrogen-bond acceptors (Lipinski definition) is 2. The number of nitrogens with two attached hydrogens (primary N) is 2. The molecule has 2 rings (SSSR count). The summed E-state index contributed by atoms with van der Waals surface area (Å²) in [4.78, 5) is 5.58. The van der Waals surface area contributed by atoms with E-state index in [0.29, 0.717) is 0 Å². The van der Waals surface area contributed by atoms with Gasteiger partial charge in [-0.05, 0) is 12.8 Å². The van der Waals surface area contributed by atoms with Gasteiger partial charge < -0.3 is 16.4 Å². The molecule has 0 aromatic heterocycles. The molecule has 1 aliphatic carbocycles. The van der Waals surface area contributed by atoms with Crippen molar-refractivity contribution in [1.29, 1.82) is 5.41 Å². The standard InChI is InChI=1S/C10H17F2N5.ClH/c11-10(12)3-4-17(9(14)15)7(5-10)8(13)16-6-1-2-6;/h6-7H,1-5H2,(H2,13,16)(H3,14,15);1H. The molecule has 1 unspecified atom stereocenters. The summed E-state index contributed by atoms with van der Waals surface area (Å²) in [7, 11) is 0. The van der Waals surface area contributed by atoms with Gasteiger partial charge in [-0.1, -0.05) is 0 Å². The topological polar surface area (TPSA) is 91.5 Å². The Labute approximate surface area is 111 Å². The first-order valence-corrected chi connectivity index (χ1v) is 5.71. The number of hydrogen-bond donors (Lipinski definition) is 3. The van der Waals surface area contributed by atoms with Crippen molar-refractivity contribution in [3.63, 3.8) is 0 Å². The number of halogens is 3. The van der Waals surface area contributed by atoms with Gasteiger partial charge in [0.15, 0.2) is 5.96 Å². The molecule has 8 heteroatoms. The number of alkyl halides is 2. The van der Waals surface area contributed by atoms with Gasteiger partial charge in [-0.15, -0.1) is 12.4 Å². The van der Waals surface area contributed by atoms with E-state index in [9.17, 15) is 8.78 Å². The van der Waals surface area contributed by atoms with Gasteiger partial charge in [-0.3, -0.25) is 10.4 Å². The number of rotatable bonds is 2. The second-order valence-corrected chi connectivity index (χ2v) is 4.69. The van der Waals surface area contributed by atoms with Crippen LogP contribution in [0.1, 0.15) is 25.7 Å². The average Bonchev–Trinajstić information content (AvgIpc) is 2.99. The van der Waals surface area contributed by atoms with Crippen LogP contribution in [0.4, 0.5) is 8.78 Å². The summed E-state index contributed by atoms with van der Waals surface area (Å²) in [5.41, 5.74) is 11.1. The Hall–Kier alpha value is -1.11. The van der Waals surface area contributed by atoms with Crippen molar-refractivity contribution in [2.75, 3.05) is 6.54 Å². The highest BCUT2D eigenvalue weighted by molar-refractivity contribution is 5.90. The van der Waals surface area contributed by atoms with Crippen LogP contribution in [0.2, 0.25) is 0 Å². The van der Waals surface area contributed by atoms with E-state index in [-0.39, 0.29) is 43.2 Å². The smallest absolute Gasteiger partial charge is 0.252 e. The summed E-state index contributed by atoms with van der Waals surface area (Å²) in [5, 5.41) is 7.39. The predicted molar refractivity (Wildman–Crippen MR) is 68.5 cm³/mol. The van der Waals surface area contributed by atoms with Crippen LogP contribution in [0.15, 0.2) is 4.99 Å². The third kappa shape index (κ3) is 3.44. The maximum absolute atomic E-state index is 13.4. The fourth-order valence-electron chi connectivity index (χ4n) is 1.99. The zero-order valence-electron chi connectivity index (χ0n) is 9.90. The number of piperidine rings is 1. The van der Waals surface area contributed by atoms with E-state index < -0.39 is 18.4 Å². The molecule has 0 bridgehead atoms. The lowest BCUT2D eigenvalue weighted by atomic mass is 9.98. The minimum absolute atomic E-state index is 0. The molecule has 104 valence electrons. The Morgan fingerprint density at radius 3 is 2.44 bits per heavy atom. The van der Waals surface area contributed by atoms with Crippen LogP contribution < -0.4 is 11.5 Å². The second kappa shape index (κ2) is 5.26. The third-order valence-corrected chi connectivity index (χ3v) is 3.12. The number of aliphatic imine (C=N–C) groups is 1. The maximum Gasteiger partial charge on any atom is 0.252 e. The molecule has 2 fully saturated rings. The number of nitrogens with zero attached hydrogens (tertiary/aromatic N) is 2. The molecular formula is C10H18ClF2N5. The Bertz CT molecular complexity index is 356. The molecule has 0 amide bonds. The fraction of sp³-hybridized carbons (Fsp3) is 0.800. The molecule has 0 aromatic rings. The number of amidine groups is 1. The second-order valence-electron chi connectivity index (χ2n) is 4.69. The predicted octanol–water partition coefficient (Wildman–Crippen LogP) is 0.921. The van der Waals surface area contributed by atoms with E-state index in [1.54, 1.807) is 0 Å². The molecule has 1 heterocycles. The Morgan fingerprint density at radius 2 is 1.94 bits per heavy atom. The molecule has 1 atom stereocenters. The minimum Gasteiger partial charge on any atom is -0.386 e. The van der Waals surface area contributed by atoms with Crippen LogP contribution in [-0.2, 0) is 0 Å². The largest absolute Gasteiger partial charge is 0.386 e. The highest BCUT2D eigenvalue weighted by Gasteiger charge is 2.42. The summed E-state index contributed by atoms with van der Waals surface area (Å²) >= 11 is 0. The van der Waals surface area contributed by atoms with Crippen molar-refractivity contribution < 1.29 is 8.78 Å². The molecule has 5 N–H and O–H groups in total. The average molecular weight is 282 g/mol. The summed E-state index contributed by atoms with van der Waals surface area (Å²) < 4.78 is 26.7. The van der Waals surface area contributed by atoms with E-state index in [0.717, 1.165) is 12.8 Å². The lowest BCUT2D eigenvalue weighted by molar-refractivity contribution is -0.0527. The van der Waals surface area contributed by atoms with Gasteiger partial charge in [0.05, 0.1) is 12.1 Å². The number of nitrogens with one attached hydrogen (secondary N) is 1. The fourth-order valence-corrected chi connectivity index (χ4v) is 1.99. The van der Waals surface area contributed by atoms with Gasteiger partial charge in [0.25, 0.3) is 5.92 Å². The van der Waals surface area contributed by atoms with Gasteiger partial charge in [0, 0.05) is 19.4 Å². The third-order valence-electron chi connectivity index (χ3n) is 3.12. The molecule has 5 nitrogen and oxygen atoms in total. The molecule has 1 aliphatic heterocycles. The van der Waals surface area contributed by atoms with Crippen LogP contribution in [0, 0.1) is 5.41 Å². The van der Waals surface area contributed by atoms with E-state index >= 15 is 0 Å². The van der Waals surface area contributed by atoms with Crippen molar-refractivity contribution in [1.82, 2.24) is 4.90 Å². The van der Waals surface area contributed by atoms with E-state index in [4.69, 9.17) is 16.9 Å². The van der Waals surface area contributed by atoms with Crippen molar-refractivity contribution in [3.8, 4) is 0 Å². The summed E-state index contributed by atoms with van der Waals surface area (Å²) in [6.45, 7) is 0.0495. The van der Waals surface area contributed by atoms with E-state index in [2.05, 4.69) is 4.99 Å². The van der Waals surface area contributed by atoms with Crippen LogP contribution >= 0.6 is 12.4 Å². The summed E-state index contributed by atoms with van der Waals surface area (Å²) in [6.07, 6.45) is 1.22. The number of likely N-dealkylation sites (tertiary alicyclic amines) is 1. The Balaban J connectivity index is 0.00000162. The van der Waals surface area contributed by atoms with Crippen molar-refractivity contribution >= 4 is 24.2 Å². The molecule has 0 radical (unpaired) electrons. The van der Waals surface area contributed by atoms with Gasteiger partial charge >= 0.3 is 0 Å². The van der Waals surface area contributed by atoms with Crippen LogP contribution in [0.3, 0.4) is 0 Å². The normalized spacial score (nSPS) is 27.6. The summed E-state index contributed by atoms with van der Waals surface area (Å²) in [5.74, 6) is -2.79. The molecule has 1 saturated heterocycles. The van der Waals surface area contributed by atoms with Crippen molar-refractivity contribution in [3.05, 3.63) is 0 Å². The first-order chi connectivity index (χ1) is 7.89. The SMILES string of the molecule is Cl.N=C(N)N1CCC(F)(F)CC1C(N)=NC1CC1. The molecular weight excluding hydrogens is 264 g/mol. The van der Waals surface area contributed by atoms with Crippen LogP contribution in [0.5, 0.6) is 0 Å². The quantitative estimate of drug-likeness (QED) is 0.519. The van der Waals surface area contributed by atoms with Crippen molar-refractivity contribution in [2.45, 2.75) is 43.7 Å². The monoisotopic (exact) mass is 281 g/mol. The van der Waals surface area contributed by atoms with Crippen molar-refractivity contribution in [2.24, 2.45) is 16.5 Å². The Morgan fingerprint density at radius 1 is 1.33 bits per heavy atom. The summed E-state index contributed by atoms with van der Waals surface area (Å²) in [6, 6.07) is -0.559. The van der Waals surface area contributed by atoms with E-state index in [1.165, 1.54) is 4.90 Å². The zero-order valence-corrected chi connectivity index (χ0v) is 10.7. The van der Waals surface area contributed by atoms with E-state index in [1.807, 2.05) is 0 Å². The zero-order chi connectivity index (χ0) is 12.6.